The second-order valence-electron chi connectivity index (χ2n) is 3.81. The lowest BCUT2D eigenvalue weighted by molar-refractivity contribution is 0.706. The molecule has 0 fully saturated rings. The second-order valence-corrected chi connectivity index (χ2v) is 4.22. The van der Waals surface area contributed by atoms with Crippen LogP contribution in [0.1, 0.15) is 11.6 Å². The standard InChI is InChI=1S/C10H10ClN5/c1-6-13-8-5-15(2)9-7(11)3-4-12-10(9)16(8)14-6/h3-4H,5H2,1-2H3. The van der Waals surface area contributed by atoms with Crippen molar-refractivity contribution in [2.45, 2.75) is 13.5 Å². The molecule has 82 valence electrons. The summed E-state index contributed by atoms with van der Waals surface area (Å²) in [6, 6.07) is 1.78. The van der Waals surface area contributed by atoms with Crippen LogP contribution in [0.25, 0.3) is 5.82 Å². The monoisotopic (exact) mass is 235 g/mol. The van der Waals surface area contributed by atoms with Gasteiger partial charge >= 0.3 is 0 Å². The van der Waals surface area contributed by atoms with Gasteiger partial charge in [0.05, 0.1) is 11.6 Å². The van der Waals surface area contributed by atoms with Gasteiger partial charge in [-0.25, -0.2) is 9.97 Å². The van der Waals surface area contributed by atoms with Crippen molar-refractivity contribution in [2.75, 3.05) is 11.9 Å². The van der Waals surface area contributed by atoms with E-state index in [9.17, 15) is 0 Å². The van der Waals surface area contributed by atoms with E-state index >= 15 is 0 Å². The summed E-state index contributed by atoms with van der Waals surface area (Å²) in [6.07, 6.45) is 1.68. The molecule has 0 saturated carbocycles. The van der Waals surface area contributed by atoms with Crippen LogP contribution in [0.4, 0.5) is 5.69 Å². The Morgan fingerprint density at radius 2 is 2.25 bits per heavy atom. The first-order valence-electron chi connectivity index (χ1n) is 4.95. The fraction of sp³-hybridized carbons (Fsp3) is 0.300. The lowest BCUT2D eigenvalue weighted by atomic mass is 10.3. The molecule has 0 amide bonds. The highest BCUT2D eigenvalue weighted by molar-refractivity contribution is 6.33. The van der Waals surface area contributed by atoms with E-state index in [1.54, 1.807) is 16.9 Å². The number of nitrogens with zero attached hydrogens (tertiary/aromatic N) is 5. The number of anilines is 1. The van der Waals surface area contributed by atoms with Gasteiger partial charge in [-0.15, -0.1) is 5.10 Å². The summed E-state index contributed by atoms with van der Waals surface area (Å²) in [5.41, 5.74) is 0.904. The normalized spacial score (nSPS) is 13.6. The Morgan fingerprint density at radius 1 is 1.44 bits per heavy atom. The number of halogens is 1. The Morgan fingerprint density at radius 3 is 3.06 bits per heavy atom. The fourth-order valence-corrected chi connectivity index (χ4v) is 2.24. The Hall–Kier alpha value is -1.62. The van der Waals surface area contributed by atoms with E-state index in [4.69, 9.17) is 11.6 Å². The smallest absolute Gasteiger partial charge is 0.180 e. The zero-order valence-corrected chi connectivity index (χ0v) is 9.73. The van der Waals surface area contributed by atoms with E-state index < -0.39 is 0 Å². The minimum Gasteiger partial charge on any atom is -0.363 e. The minimum absolute atomic E-state index is 0.686. The molecule has 5 nitrogen and oxygen atoms in total. The number of fused-ring (bicyclic) bond motifs is 3. The molecule has 0 bridgehead atoms. The van der Waals surface area contributed by atoms with Crippen LogP contribution in [-0.2, 0) is 6.54 Å². The van der Waals surface area contributed by atoms with E-state index in [0.717, 1.165) is 23.2 Å². The highest BCUT2D eigenvalue weighted by atomic mass is 35.5. The molecule has 3 heterocycles. The van der Waals surface area contributed by atoms with E-state index in [1.165, 1.54) is 0 Å². The van der Waals surface area contributed by atoms with Gasteiger partial charge < -0.3 is 4.90 Å². The number of aromatic nitrogens is 4. The van der Waals surface area contributed by atoms with Crippen molar-refractivity contribution in [2.24, 2.45) is 0 Å². The molecule has 2 aromatic rings. The molecule has 3 rings (SSSR count). The number of aryl methyl sites for hydroxylation is 1. The maximum atomic E-state index is 6.17. The summed E-state index contributed by atoms with van der Waals surface area (Å²) in [4.78, 5) is 10.7. The summed E-state index contributed by atoms with van der Waals surface area (Å²) in [7, 11) is 1.97. The van der Waals surface area contributed by atoms with Crippen molar-refractivity contribution in [3.8, 4) is 5.82 Å². The van der Waals surface area contributed by atoms with Gasteiger partial charge in [0, 0.05) is 13.2 Å². The van der Waals surface area contributed by atoms with Gasteiger partial charge in [-0.1, -0.05) is 11.6 Å². The Bertz CT molecular complexity index is 562. The van der Waals surface area contributed by atoms with E-state index in [-0.39, 0.29) is 0 Å². The number of hydrogen-bond acceptors (Lipinski definition) is 4. The van der Waals surface area contributed by atoms with Gasteiger partial charge in [0.15, 0.2) is 11.6 Å². The predicted molar refractivity (Wildman–Crippen MR) is 61.0 cm³/mol. The van der Waals surface area contributed by atoms with Crippen LogP contribution in [0.3, 0.4) is 0 Å². The van der Waals surface area contributed by atoms with E-state index in [0.29, 0.717) is 11.6 Å². The van der Waals surface area contributed by atoms with Crippen LogP contribution in [-0.4, -0.2) is 26.8 Å². The molecule has 0 atom stereocenters. The molecule has 0 unspecified atom stereocenters. The molecule has 6 heteroatoms. The Balaban J connectivity index is 2.32. The highest BCUT2D eigenvalue weighted by Crippen LogP contribution is 2.34. The molecule has 0 spiro atoms. The predicted octanol–water partition coefficient (Wildman–Crippen LogP) is 1.57. The molecule has 2 aromatic heterocycles. The molecule has 0 N–H and O–H groups in total. The van der Waals surface area contributed by atoms with E-state index in [2.05, 4.69) is 15.1 Å². The highest BCUT2D eigenvalue weighted by Gasteiger charge is 2.25. The summed E-state index contributed by atoms with van der Waals surface area (Å²) >= 11 is 6.17. The van der Waals surface area contributed by atoms with Crippen molar-refractivity contribution < 1.29 is 0 Å². The number of pyridine rings is 1. The first-order valence-corrected chi connectivity index (χ1v) is 5.33. The molecule has 0 radical (unpaired) electrons. The van der Waals surface area contributed by atoms with Gasteiger partial charge in [-0.05, 0) is 13.0 Å². The van der Waals surface area contributed by atoms with Crippen molar-refractivity contribution >= 4 is 17.3 Å². The van der Waals surface area contributed by atoms with Gasteiger partial charge in [-0.3, -0.25) is 0 Å². The second kappa shape index (κ2) is 3.18. The molecule has 16 heavy (non-hydrogen) atoms. The van der Waals surface area contributed by atoms with Gasteiger partial charge in [-0.2, -0.15) is 4.68 Å². The summed E-state index contributed by atoms with van der Waals surface area (Å²) in [6.45, 7) is 2.56. The van der Waals surface area contributed by atoms with Crippen LogP contribution in [0, 0.1) is 6.92 Å². The molecule has 0 aliphatic carbocycles. The molecular formula is C10H10ClN5. The Kier molecular flexibility index (Phi) is 1.91. The third-order valence-corrected chi connectivity index (χ3v) is 2.90. The summed E-state index contributed by atoms with van der Waals surface area (Å²) in [5.74, 6) is 2.39. The zero-order chi connectivity index (χ0) is 11.3. The average molecular weight is 236 g/mol. The van der Waals surface area contributed by atoms with Gasteiger partial charge in [0.25, 0.3) is 0 Å². The largest absolute Gasteiger partial charge is 0.363 e. The van der Waals surface area contributed by atoms with Gasteiger partial charge in [0.1, 0.15) is 11.5 Å². The molecule has 0 aromatic carbocycles. The van der Waals surface area contributed by atoms with Crippen LogP contribution in [0.15, 0.2) is 12.3 Å². The third kappa shape index (κ3) is 1.21. The quantitative estimate of drug-likeness (QED) is 0.696. The maximum absolute atomic E-state index is 6.17. The number of rotatable bonds is 0. The van der Waals surface area contributed by atoms with Crippen LogP contribution in [0.2, 0.25) is 5.02 Å². The van der Waals surface area contributed by atoms with E-state index in [1.807, 2.05) is 18.9 Å². The minimum atomic E-state index is 0.686. The van der Waals surface area contributed by atoms with Crippen LogP contribution >= 0.6 is 11.6 Å². The first kappa shape index (κ1) is 9.59. The molecular weight excluding hydrogens is 226 g/mol. The number of hydrogen-bond donors (Lipinski definition) is 0. The fourth-order valence-electron chi connectivity index (χ4n) is 1.95. The van der Waals surface area contributed by atoms with Gasteiger partial charge in [0.2, 0.25) is 0 Å². The lowest BCUT2D eigenvalue weighted by Crippen LogP contribution is -2.27. The van der Waals surface area contributed by atoms with Crippen LogP contribution < -0.4 is 4.90 Å². The topological polar surface area (TPSA) is 46.8 Å². The summed E-state index contributed by atoms with van der Waals surface area (Å²) in [5, 5.41) is 5.01. The van der Waals surface area contributed by atoms with Crippen molar-refractivity contribution in [3.05, 3.63) is 28.9 Å². The van der Waals surface area contributed by atoms with Crippen molar-refractivity contribution in [1.82, 2.24) is 19.7 Å². The maximum Gasteiger partial charge on any atom is 0.180 e. The first-order chi connectivity index (χ1) is 7.66. The van der Waals surface area contributed by atoms with Crippen molar-refractivity contribution in [1.29, 1.82) is 0 Å². The third-order valence-electron chi connectivity index (χ3n) is 2.60. The summed E-state index contributed by atoms with van der Waals surface area (Å²) < 4.78 is 1.76. The zero-order valence-electron chi connectivity index (χ0n) is 8.98. The SMILES string of the molecule is Cc1nc2n(n1)-c1nccc(Cl)c1N(C)C2. The van der Waals surface area contributed by atoms with Crippen molar-refractivity contribution in [3.63, 3.8) is 0 Å². The average Bonchev–Trinajstić information content (AvgIpc) is 2.58. The van der Waals surface area contributed by atoms with Crippen LogP contribution in [0.5, 0.6) is 0 Å². The molecule has 1 aliphatic heterocycles. The molecule has 0 saturated heterocycles. The molecule has 1 aliphatic rings. The Labute approximate surface area is 97.7 Å². The lowest BCUT2D eigenvalue weighted by Gasteiger charge is -2.26.